The van der Waals surface area contributed by atoms with Crippen LogP contribution in [-0.2, 0) is 4.74 Å². The average Bonchev–Trinajstić information content (AvgIpc) is 2.95. The van der Waals surface area contributed by atoms with Crippen molar-refractivity contribution in [2.75, 3.05) is 7.11 Å². The molecule has 1 aliphatic rings. The quantitative estimate of drug-likeness (QED) is 0.484. The molecule has 0 saturated heterocycles. The summed E-state index contributed by atoms with van der Waals surface area (Å²) in [5, 5.41) is 8.30. The van der Waals surface area contributed by atoms with Crippen molar-refractivity contribution in [3.63, 3.8) is 0 Å². The van der Waals surface area contributed by atoms with Crippen molar-refractivity contribution in [1.29, 1.82) is 0 Å². The average molecular weight is 284 g/mol. The van der Waals surface area contributed by atoms with Crippen molar-refractivity contribution in [2.45, 2.75) is 31.8 Å². The zero-order valence-electron chi connectivity index (χ0n) is 10.2. The van der Waals surface area contributed by atoms with Crippen molar-refractivity contribution in [1.82, 2.24) is 0 Å². The van der Waals surface area contributed by atoms with E-state index < -0.39 is 34.8 Å². The molecule has 0 heterocycles. The number of hydrogen-bond donors (Lipinski definition) is 1. The Kier molecular flexibility index (Phi) is 5.53. The summed E-state index contributed by atoms with van der Waals surface area (Å²) in [4.78, 5) is 0. The smallest absolute Gasteiger partial charge is 0.206 e. The van der Waals surface area contributed by atoms with Gasteiger partial charge in [-0.05, 0) is 12.8 Å². The van der Waals surface area contributed by atoms with Crippen molar-refractivity contribution < 1.29 is 31.8 Å². The van der Waals surface area contributed by atoms with Gasteiger partial charge >= 0.3 is 0 Å². The minimum absolute atomic E-state index is 0.597. The van der Waals surface area contributed by atoms with Gasteiger partial charge in [-0.25, -0.2) is 13.2 Å². The fraction of sp³-hybridized carbons (Fsp3) is 0.500. The number of rotatable bonds is 1. The third-order valence-corrected chi connectivity index (χ3v) is 2.82. The second-order valence-corrected chi connectivity index (χ2v) is 4.06. The van der Waals surface area contributed by atoms with Crippen molar-refractivity contribution >= 4 is 0 Å². The summed E-state index contributed by atoms with van der Waals surface area (Å²) in [6, 6.07) is 0. The zero-order valence-corrected chi connectivity index (χ0v) is 10.2. The van der Waals surface area contributed by atoms with Gasteiger partial charge in [-0.15, -0.1) is 0 Å². The van der Waals surface area contributed by atoms with E-state index in [1.165, 1.54) is 25.7 Å². The van der Waals surface area contributed by atoms with Crippen LogP contribution in [-0.4, -0.2) is 18.3 Å². The summed E-state index contributed by atoms with van der Waals surface area (Å²) >= 11 is 0. The topological polar surface area (TPSA) is 29.5 Å². The van der Waals surface area contributed by atoms with Crippen LogP contribution in [0.5, 0.6) is 5.75 Å². The fourth-order valence-electron chi connectivity index (χ4n) is 1.72. The van der Waals surface area contributed by atoms with Crippen molar-refractivity contribution in [3.05, 3.63) is 29.1 Å². The molecule has 1 fully saturated rings. The SMILES string of the molecule is COC1CCCC1.Oc1c(F)c(F)c(F)c(F)c1F. The van der Waals surface area contributed by atoms with Crippen molar-refractivity contribution in [2.24, 2.45) is 0 Å². The lowest BCUT2D eigenvalue weighted by Crippen LogP contribution is -2.01. The summed E-state index contributed by atoms with van der Waals surface area (Å²) in [6.07, 6.45) is 5.92. The van der Waals surface area contributed by atoms with Crippen LogP contribution in [0.15, 0.2) is 0 Å². The van der Waals surface area contributed by atoms with Gasteiger partial charge in [0.1, 0.15) is 0 Å². The third kappa shape index (κ3) is 3.56. The molecule has 1 aliphatic carbocycles. The highest BCUT2D eigenvalue weighted by Gasteiger charge is 2.24. The monoisotopic (exact) mass is 284 g/mol. The van der Waals surface area contributed by atoms with Gasteiger partial charge in [0, 0.05) is 7.11 Å². The van der Waals surface area contributed by atoms with Gasteiger partial charge < -0.3 is 9.84 Å². The van der Waals surface area contributed by atoms with Crippen LogP contribution in [0.2, 0.25) is 0 Å². The molecule has 0 aromatic heterocycles. The number of hydrogen-bond acceptors (Lipinski definition) is 2. The summed E-state index contributed by atoms with van der Waals surface area (Å²) in [5.74, 6) is -12.9. The molecule has 1 N–H and O–H groups in total. The molecule has 1 saturated carbocycles. The number of methoxy groups -OCH3 is 1. The number of phenols is 1. The van der Waals surface area contributed by atoms with Crippen molar-refractivity contribution in [3.8, 4) is 5.75 Å². The summed E-state index contributed by atoms with van der Waals surface area (Å²) in [5.41, 5.74) is 0. The van der Waals surface area contributed by atoms with E-state index in [0.29, 0.717) is 6.10 Å². The molecular weight excluding hydrogens is 271 g/mol. The van der Waals surface area contributed by atoms with Crippen LogP contribution in [0.1, 0.15) is 25.7 Å². The van der Waals surface area contributed by atoms with E-state index in [-0.39, 0.29) is 0 Å². The number of phenolic OH excluding ortho intramolecular Hbond substituents is 1. The molecule has 7 heteroatoms. The van der Waals surface area contributed by atoms with Gasteiger partial charge in [0.25, 0.3) is 0 Å². The summed E-state index contributed by atoms with van der Waals surface area (Å²) < 4.78 is 65.8. The van der Waals surface area contributed by atoms with E-state index in [1.807, 2.05) is 0 Å². The normalized spacial score (nSPS) is 15.3. The van der Waals surface area contributed by atoms with E-state index in [2.05, 4.69) is 0 Å². The molecule has 0 radical (unpaired) electrons. The Bertz CT molecular complexity index is 339. The highest BCUT2D eigenvalue weighted by molar-refractivity contribution is 5.27. The molecule has 0 amide bonds. The molecule has 2 rings (SSSR count). The molecule has 108 valence electrons. The van der Waals surface area contributed by atoms with Gasteiger partial charge in [0.2, 0.25) is 29.1 Å². The maximum atomic E-state index is 12.2. The van der Waals surface area contributed by atoms with Gasteiger partial charge in [-0.3, -0.25) is 0 Å². The zero-order chi connectivity index (χ0) is 14.6. The minimum Gasteiger partial charge on any atom is -0.503 e. The Morgan fingerprint density at radius 2 is 1.21 bits per heavy atom. The number of halogens is 5. The van der Waals surface area contributed by atoms with Gasteiger partial charge in [-0.2, -0.15) is 8.78 Å². The van der Waals surface area contributed by atoms with E-state index >= 15 is 0 Å². The molecule has 1 aromatic carbocycles. The molecule has 0 atom stereocenters. The van der Waals surface area contributed by atoms with Crippen LogP contribution >= 0.6 is 0 Å². The van der Waals surface area contributed by atoms with Crippen LogP contribution in [0, 0.1) is 29.1 Å². The predicted molar refractivity (Wildman–Crippen MR) is 57.2 cm³/mol. The molecule has 1 aromatic rings. The first-order chi connectivity index (χ1) is 8.90. The Labute approximate surface area is 106 Å². The third-order valence-electron chi connectivity index (χ3n) is 2.82. The number of ether oxygens (including phenoxy) is 1. The minimum atomic E-state index is -2.29. The first-order valence-electron chi connectivity index (χ1n) is 5.63. The Balaban J connectivity index is 0.000000218. The second-order valence-electron chi connectivity index (χ2n) is 4.06. The first-order valence-corrected chi connectivity index (χ1v) is 5.63. The van der Waals surface area contributed by atoms with Gasteiger partial charge in [-0.1, -0.05) is 12.8 Å². The standard InChI is InChI=1S/C6HF5O.C6H12O/c7-1-2(8)4(10)6(12)5(11)3(1)9;1-7-6-4-2-3-5-6/h12H;6H,2-5H2,1H3. The number of benzene rings is 1. The second kappa shape index (κ2) is 6.70. The molecule has 19 heavy (non-hydrogen) atoms. The maximum absolute atomic E-state index is 12.2. The van der Waals surface area contributed by atoms with Crippen LogP contribution in [0.3, 0.4) is 0 Å². The Morgan fingerprint density at radius 3 is 1.53 bits per heavy atom. The van der Waals surface area contributed by atoms with E-state index in [9.17, 15) is 22.0 Å². The Hall–Kier alpha value is -1.37. The molecule has 2 nitrogen and oxygen atoms in total. The highest BCUT2D eigenvalue weighted by Crippen LogP contribution is 2.27. The molecule has 0 spiro atoms. The van der Waals surface area contributed by atoms with Gasteiger partial charge in [0.15, 0.2) is 5.75 Å². The lowest BCUT2D eigenvalue weighted by molar-refractivity contribution is 0.109. The number of aromatic hydroxyl groups is 1. The van der Waals surface area contributed by atoms with Crippen LogP contribution < -0.4 is 0 Å². The van der Waals surface area contributed by atoms with Crippen LogP contribution in [0.25, 0.3) is 0 Å². The molecule has 0 unspecified atom stereocenters. The van der Waals surface area contributed by atoms with E-state index in [1.54, 1.807) is 7.11 Å². The lowest BCUT2D eigenvalue weighted by atomic mass is 10.3. The fourth-order valence-corrected chi connectivity index (χ4v) is 1.72. The lowest BCUT2D eigenvalue weighted by Gasteiger charge is -2.02. The summed E-state index contributed by atoms with van der Waals surface area (Å²) in [6.45, 7) is 0. The molecule has 0 bridgehead atoms. The largest absolute Gasteiger partial charge is 0.503 e. The van der Waals surface area contributed by atoms with Gasteiger partial charge in [0.05, 0.1) is 6.10 Å². The molecule has 0 aliphatic heterocycles. The van der Waals surface area contributed by atoms with E-state index in [4.69, 9.17) is 9.84 Å². The highest BCUT2D eigenvalue weighted by atomic mass is 19.2. The maximum Gasteiger partial charge on any atom is 0.206 e. The summed E-state index contributed by atoms with van der Waals surface area (Å²) in [7, 11) is 1.80. The predicted octanol–water partition coefficient (Wildman–Crippen LogP) is 3.66. The Morgan fingerprint density at radius 1 is 0.842 bits per heavy atom. The first kappa shape index (κ1) is 15.7. The van der Waals surface area contributed by atoms with Crippen LogP contribution in [0.4, 0.5) is 22.0 Å². The van der Waals surface area contributed by atoms with E-state index in [0.717, 1.165) is 0 Å². The molecular formula is C12H13F5O2.